The number of methoxy groups -OCH3 is 1. The predicted octanol–water partition coefficient (Wildman–Crippen LogP) is 2.21. The number of carbonyl (C=O) groups excluding carboxylic acids is 1. The lowest BCUT2D eigenvalue weighted by Crippen LogP contribution is -2.22. The van der Waals surface area contributed by atoms with Crippen molar-refractivity contribution in [1.29, 1.82) is 0 Å². The summed E-state index contributed by atoms with van der Waals surface area (Å²) < 4.78 is 11.3. The van der Waals surface area contributed by atoms with Gasteiger partial charge in [0.2, 0.25) is 5.91 Å². The van der Waals surface area contributed by atoms with Crippen LogP contribution in [0.1, 0.15) is 47.5 Å². The SMILES string of the molecule is COc1cc(C(N)=O)cc2c1OC1CCCCC21. The maximum absolute atomic E-state index is 11.4. The van der Waals surface area contributed by atoms with Crippen LogP contribution in [0.4, 0.5) is 0 Å². The van der Waals surface area contributed by atoms with Crippen molar-refractivity contribution in [2.24, 2.45) is 5.73 Å². The Labute approximate surface area is 106 Å². The fraction of sp³-hybridized carbons (Fsp3) is 0.500. The molecule has 96 valence electrons. The summed E-state index contributed by atoms with van der Waals surface area (Å²) in [5.74, 6) is 1.40. The number of amides is 1. The maximum atomic E-state index is 11.4. The zero-order valence-electron chi connectivity index (χ0n) is 10.4. The monoisotopic (exact) mass is 247 g/mol. The molecule has 1 aromatic carbocycles. The predicted molar refractivity (Wildman–Crippen MR) is 67.1 cm³/mol. The molecule has 1 aliphatic carbocycles. The minimum absolute atomic E-state index is 0.241. The van der Waals surface area contributed by atoms with Crippen molar-refractivity contribution in [1.82, 2.24) is 0 Å². The highest BCUT2D eigenvalue weighted by Gasteiger charge is 2.38. The molecular weight excluding hydrogens is 230 g/mol. The molecule has 1 heterocycles. The Balaban J connectivity index is 2.09. The van der Waals surface area contributed by atoms with Crippen LogP contribution < -0.4 is 15.2 Å². The highest BCUT2D eigenvalue weighted by Crippen LogP contribution is 2.49. The van der Waals surface area contributed by atoms with Gasteiger partial charge < -0.3 is 15.2 Å². The molecule has 2 atom stereocenters. The zero-order chi connectivity index (χ0) is 12.7. The molecule has 1 saturated carbocycles. The largest absolute Gasteiger partial charge is 0.493 e. The van der Waals surface area contributed by atoms with E-state index in [0.29, 0.717) is 17.2 Å². The summed E-state index contributed by atoms with van der Waals surface area (Å²) in [7, 11) is 1.59. The number of carbonyl (C=O) groups is 1. The van der Waals surface area contributed by atoms with E-state index in [0.717, 1.165) is 24.2 Å². The fourth-order valence-corrected chi connectivity index (χ4v) is 3.06. The molecule has 0 radical (unpaired) electrons. The van der Waals surface area contributed by atoms with Gasteiger partial charge in [0, 0.05) is 17.0 Å². The van der Waals surface area contributed by atoms with Crippen LogP contribution in [0.5, 0.6) is 11.5 Å². The maximum Gasteiger partial charge on any atom is 0.248 e. The van der Waals surface area contributed by atoms with Gasteiger partial charge in [-0.25, -0.2) is 0 Å². The summed E-state index contributed by atoms with van der Waals surface area (Å²) in [5.41, 5.74) is 6.96. The van der Waals surface area contributed by atoms with Crippen LogP contribution in [0.25, 0.3) is 0 Å². The number of primary amides is 1. The van der Waals surface area contributed by atoms with Crippen LogP contribution in [0.3, 0.4) is 0 Å². The van der Waals surface area contributed by atoms with E-state index in [9.17, 15) is 4.79 Å². The molecule has 1 amide bonds. The molecule has 0 bridgehead atoms. The molecule has 2 N–H and O–H groups in total. The Bertz CT molecular complexity index is 498. The minimum atomic E-state index is -0.421. The van der Waals surface area contributed by atoms with Crippen molar-refractivity contribution in [2.75, 3.05) is 7.11 Å². The van der Waals surface area contributed by atoms with Gasteiger partial charge in [0.15, 0.2) is 11.5 Å². The Morgan fingerprint density at radius 2 is 2.17 bits per heavy atom. The molecule has 2 unspecified atom stereocenters. The van der Waals surface area contributed by atoms with E-state index in [1.807, 2.05) is 6.07 Å². The van der Waals surface area contributed by atoms with E-state index in [4.69, 9.17) is 15.2 Å². The second kappa shape index (κ2) is 4.19. The quantitative estimate of drug-likeness (QED) is 0.871. The average Bonchev–Trinajstić information content (AvgIpc) is 2.76. The van der Waals surface area contributed by atoms with Gasteiger partial charge in [0.1, 0.15) is 6.10 Å². The van der Waals surface area contributed by atoms with Gasteiger partial charge in [0.05, 0.1) is 7.11 Å². The molecular formula is C14H17NO3. The lowest BCUT2D eigenvalue weighted by atomic mass is 9.83. The Kier molecular flexibility index (Phi) is 2.65. The van der Waals surface area contributed by atoms with Crippen molar-refractivity contribution in [3.05, 3.63) is 23.3 Å². The molecule has 4 heteroatoms. The number of fused-ring (bicyclic) bond motifs is 3. The van der Waals surface area contributed by atoms with Gasteiger partial charge in [-0.15, -0.1) is 0 Å². The van der Waals surface area contributed by atoms with Crippen LogP contribution in [-0.4, -0.2) is 19.1 Å². The van der Waals surface area contributed by atoms with E-state index in [1.54, 1.807) is 13.2 Å². The van der Waals surface area contributed by atoms with E-state index in [1.165, 1.54) is 12.8 Å². The Morgan fingerprint density at radius 3 is 2.89 bits per heavy atom. The summed E-state index contributed by atoms with van der Waals surface area (Å²) >= 11 is 0. The number of hydrogen-bond donors (Lipinski definition) is 1. The smallest absolute Gasteiger partial charge is 0.248 e. The van der Waals surface area contributed by atoms with Crippen LogP contribution in [0, 0.1) is 0 Å². The van der Waals surface area contributed by atoms with Crippen molar-refractivity contribution in [2.45, 2.75) is 37.7 Å². The van der Waals surface area contributed by atoms with Crippen molar-refractivity contribution < 1.29 is 14.3 Å². The summed E-state index contributed by atoms with van der Waals surface area (Å²) in [6.07, 6.45) is 4.86. The summed E-state index contributed by atoms with van der Waals surface area (Å²) in [4.78, 5) is 11.4. The molecule has 1 fully saturated rings. The first-order valence-corrected chi connectivity index (χ1v) is 6.39. The van der Waals surface area contributed by atoms with Crippen LogP contribution in [-0.2, 0) is 0 Å². The topological polar surface area (TPSA) is 61.5 Å². The van der Waals surface area contributed by atoms with E-state index in [-0.39, 0.29) is 6.10 Å². The van der Waals surface area contributed by atoms with Gasteiger partial charge >= 0.3 is 0 Å². The number of nitrogens with two attached hydrogens (primary N) is 1. The lowest BCUT2D eigenvalue weighted by Gasteiger charge is -2.23. The third-order valence-corrected chi connectivity index (χ3v) is 3.96. The molecule has 3 rings (SSSR count). The summed E-state index contributed by atoms with van der Waals surface area (Å²) in [6.45, 7) is 0. The van der Waals surface area contributed by atoms with Gasteiger partial charge in [0.25, 0.3) is 0 Å². The number of hydrogen-bond acceptors (Lipinski definition) is 3. The molecule has 0 spiro atoms. The molecule has 1 aliphatic heterocycles. The molecule has 0 saturated heterocycles. The second-order valence-corrected chi connectivity index (χ2v) is 5.01. The fourth-order valence-electron chi connectivity index (χ4n) is 3.06. The van der Waals surface area contributed by atoms with Crippen molar-refractivity contribution in [3.8, 4) is 11.5 Å². The number of ether oxygens (including phenoxy) is 2. The van der Waals surface area contributed by atoms with E-state index >= 15 is 0 Å². The molecule has 1 aromatic rings. The Hall–Kier alpha value is -1.71. The van der Waals surface area contributed by atoms with Gasteiger partial charge in [-0.05, 0) is 31.4 Å². The highest BCUT2D eigenvalue weighted by atomic mass is 16.5. The third kappa shape index (κ3) is 1.64. The third-order valence-electron chi connectivity index (χ3n) is 3.96. The highest BCUT2D eigenvalue weighted by molar-refractivity contribution is 5.94. The van der Waals surface area contributed by atoms with E-state index in [2.05, 4.69) is 0 Å². The van der Waals surface area contributed by atoms with Gasteiger partial charge in [-0.2, -0.15) is 0 Å². The van der Waals surface area contributed by atoms with Crippen molar-refractivity contribution >= 4 is 5.91 Å². The zero-order valence-corrected chi connectivity index (χ0v) is 10.4. The van der Waals surface area contributed by atoms with Gasteiger partial charge in [-0.1, -0.05) is 6.42 Å². The lowest BCUT2D eigenvalue weighted by molar-refractivity contribution is 0.1000. The second-order valence-electron chi connectivity index (χ2n) is 5.01. The minimum Gasteiger partial charge on any atom is -0.493 e. The molecule has 2 aliphatic rings. The number of benzene rings is 1. The first-order chi connectivity index (χ1) is 8.70. The van der Waals surface area contributed by atoms with Crippen LogP contribution >= 0.6 is 0 Å². The van der Waals surface area contributed by atoms with Gasteiger partial charge in [-0.3, -0.25) is 4.79 Å². The first kappa shape index (κ1) is 11.4. The first-order valence-electron chi connectivity index (χ1n) is 6.39. The van der Waals surface area contributed by atoms with E-state index < -0.39 is 5.91 Å². The standard InChI is InChI=1S/C14H17NO3/c1-17-12-7-8(14(15)16)6-10-9-4-2-3-5-11(9)18-13(10)12/h6-7,9,11H,2-5H2,1H3,(H2,15,16). The molecule has 0 aromatic heterocycles. The summed E-state index contributed by atoms with van der Waals surface area (Å²) in [6, 6.07) is 3.54. The van der Waals surface area contributed by atoms with Crippen LogP contribution in [0.15, 0.2) is 12.1 Å². The average molecular weight is 247 g/mol. The van der Waals surface area contributed by atoms with Crippen LogP contribution in [0.2, 0.25) is 0 Å². The molecule has 18 heavy (non-hydrogen) atoms. The summed E-state index contributed by atoms with van der Waals surface area (Å²) in [5, 5.41) is 0. The normalized spacial score (nSPS) is 24.9. The molecule has 4 nitrogen and oxygen atoms in total. The van der Waals surface area contributed by atoms with Crippen molar-refractivity contribution in [3.63, 3.8) is 0 Å². The Morgan fingerprint density at radius 1 is 1.39 bits per heavy atom. The number of rotatable bonds is 2.